The summed E-state index contributed by atoms with van der Waals surface area (Å²) in [6.45, 7) is 5.45. The Balaban J connectivity index is 0.000000127. The van der Waals surface area contributed by atoms with Crippen LogP contribution in [0.3, 0.4) is 0 Å². The maximum atomic E-state index is 14.6. The Labute approximate surface area is 636 Å². The van der Waals surface area contributed by atoms with Gasteiger partial charge in [0.15, 0.2) is 5.75 Å². The van der Waals surface area contributed by atoms with E-state index in [-0.39, 0.29) is 28.3 Å². The van der Waals surface area contributed by atoms with E-state index in [1.165, 1.54) is 29.8 Å². The smallest absolute Gasteiger partial charge is 0.229 e. The lowest BCUT2D eigenvalue weighted by molar-refractivity contribution is 0.489. The number of fused-ring (bicyclic) bond motifs is 3. The molecule has 11 N–H and O–H groups in total. The first-order chi connectivity index (χ1) is 52.4. The highest BCUT2D eigenvalue weighted by Crippen LogP contribution is 2.42. The van der Waals surface area contributed by atoms with E-state index >= 15 is 0 Å². The van der Waals surface area contributed by atoms with E-state index < -0.39 is 11.6 Å². The number of anilines is 13. The van der Waals surface area contributed by atoms with E-state index in [9.17, 15) is 13.2 Å². The third-order valence-corrected chi connectivity index (χ3v) is 18.7. The zero-order chi connectivity index (χ0) is 75.0. The molecule has 0 amide bonds. The van der Waals surface area contributed by atoms with Crippen LogP contribution >= 0.6 is 46.7 Å². The van der Waals surface area contributed by atoms with Gasteiger partial charge in [-0.3, -0.25) is 19.9 Å². The second-order valence-electron chi connectivity index (χ2n) is 24.1. The number of nitrogen functional groups attached to an aromatic ring is 3. The minimum absolute atomic E-state index is 0.0240. The summed E-state index contributed by atoms with van der Waals surface area (Å²) in [5.74, 6) is 2.91. The molecule has 0 radical (unpaired) electrons. The quantitative estimate of drug-likeness (QED) is 0.0420. The maximum absolute atomic E-state index is 14.6. The number of aryl methyl sites for hydroxylation is 4. The van der Waals surface area contributed by atoms with Crippen molar-refractivity contribution in [2.24, 2.45) is 0 Å². The number of nitrogens with zero attached hydrogens (tertiary/aromatic N) is 13. The van der Waals surface area contributed by atoms with Gasteiger partial charge in [-0.05, 0) is 168 Å². The monoisotopic (exact) mass is 1520 g/mol. The first-order valence-corrected chi connectivity index (χ1v) is 35.9. The van der Waals surface area contributed by atoms with Crippen LogP contribution in [-0.4, -0.2) is 64.4 Å². The normalized spacial score (nSPS) is 11.4. The molecule has 6 aromatic carbocycles. The Bertz CT molecular complexity index is 5610. The van der Waals surface area contributed by atoms with Crippen molar-refractivity contribution in [1.82, 2.24) is 64.4 Å². The molecule has 0 unspecified atom stereocenters. The van der Waals surface area contributed by atoms with E-state index in [4.69, 9.17) is 45.1 Å². The maximum Gasteiger partial charge on any atom is 0.229 e. The molecule has 22 nitrogen and oxygen atoms in total. The van der Waals surface area contributed by atoms with Gasteiger partial charge in [0.25, 0.3) is 0 Å². The van der Waals surface area contributed by atoms with Crippen molar-refractivity contribution < 1.29 is 17.9 Å². The number of hydrogen-bond acceptors (Lipinski definition) is 23. The molecule has 29 heteroatoms. The third-order valence-electron chi connectivity index (χ3n) is 16.1. The van der Waals surface area contributed by atoms with E-state index in [0.29, 0.717) is 72.9 Å². The summed E-state index contributed by atoms with van der Waals surface area (Å²) < 4.78 is 51.3. The van der Waals surface area contributed by atoms with Crippen LogP contribution < -0.4 is 48.5 Å². The van der Waals surface area contributed by atoms with Crippen molar-refractivity contribution in [2.75, 3.05) is 43.8 Å². The summed E-state index contributed by atoms with van der Waals surface area (Å²) in [5.41, 5.74) is 27.0. The summed E-state index contributed by atoms with van der Waals surface area (Å²) in [6.07, 6.45) is 20.0. The number of hydrogen-bond donors (Lipinski definition) is 8. The van der Waals surface area contributed by atoms with Crippen LogP contribution in [0.25, 0.3) is 27.4 Å². The van der Waals surface area contributed by atoms with Crippen LogP contribution in [0.15, 0.2) is 251 Å². The minimum atomic E-state index is -0.595. The second kappa shape index (κ2) is 34.5. The SMILES string of the molecule is Cc1cc(Nc2cc(Cl)c(Oc3cccc4cnccc34)c(Cl)c2)nc(N)n1.Cc1cc(Nc2cc(F)c(Sc3ccncc3)cc2F)nc(N)n1.Cc1cc(Nc2ccc(Sc3ccncc3)c(F)c2)nc(Nc2ccccc2)n1.Nc1nc2c(c(Nc3ccc4c(ccn4-c4ccncc4)c3)n1)CCCC2. The molecule has 0 atom stereocenters. The van der Waals surface area contributed by atoms with Crippen LogP contribution in [0.4, 0.5) is 88.7 Å². The number of ether oxygens (including phenoxy) is 1. The topological polar surface area (TPSA) is 307 Å². The lowest BCUT2D eigenvalue weighted by atomic mass is 9.96. The van der Waals surface area contributed by atoms with Crippen molar-refractivity contribution in [3.05, 3.63) is 288 Å². The summed E-state index contributed by atoms with van der Waals surface area (Å²) in [6, 6.07) is 52.7. The van der Waals surface area contributed by atoms with E-state index in [0.717, 1.165) is 115 Å². The van der Waals surface area contributed by atoms with Gasteiger partial charge in [0.1, 0.15) is 46.5 Å². The summed E-state index contributed by atoms with van der Waals surface area (Å²) in [5, 5.41) is 19.4. The summed E-state index contributed by atoms with van der Waals surface area (Å²) in [4.78, 5) is 52.3. The highest BCUT2D eigenvalue weighted by atomic mass is 35.5. The molecule has 1 aliphatic rings. The number of benzene rings is 6. The predicted octanol–water partition coefficient (Wildman–Crippen LogP) is 19.7. The Morgan fingerprint density at radius 1 is 0.454 bits per heavy atom. The second-order valence-corrected chi connectivity index (χ2v) is 27.2. The number of nitrogens with two attached hydrogens (primary N) is 3. The van der Waals surface area contributed by atoms with Crippen molar-refractivity contribution in [3.63, 3.8) is 0 Å². The van der Waals surface area contributed by atoms with Gasteiger partial charge >= 0.3 is 0 Å². The van der Waals surface area contributed by atoms with Crippen LogP contribution in [-0.2, 0) is 12.8 Å². The van der Waals surface area contributed by atoms with Crippen molar-refractivity contribution in [3.8, 4) is 17.2 Å². The predicted molar refractivity (Wildman–Crippen MR) is 424 cm³/mol. The molecule has 0 saturated carbocycles. The average Bonchev–Trinajstić information content (AvgIpc) is 1.40. The molecule has 9 aromatic heterocycles. The van der Waals surface area contributed by atoms with Crippen LogP contribution in [0.1, 0.15) is 41.2 Å². The summed E-state index contributed by atoms with van der Waals surface area (Å²) in [7, 11) is 0. The molecule has 9 heterocycles. The Morgan fingerprint density at radius 3 is 1.73 bits per heavy atom. The molecule has 0 aliphatic heterocycles. The molecule has 0 bridgehead atoms. The number of para-hydroxylation sites is 1. The lowest BCUT2D eigenvalue weighted by Gasteiger charge is -2.19. The van der Waals surface area contributed by atoms with Crippen LogP contribution in [0, 0.1) is 38.2 Å². The molecular formula is C79H66Cl2F3N21OS2. The van der Waals surface area contributed by atoms with Gasteiger partial charge in [0.05, 0.1) is 31.8 Å². The number of nitrogens with one attached hydrogen (secondary N) is 5. The van der Waals surface area contributed by atoms with E-state index in [2.05, 4.69) is 121 Å². The Morgan fingerprint density at radius 2 is 1.05 bits per heavy atom. The molecule has 16 rings (SSSR count). The number of aromatic nitrogens is 13. The highest BCUT2D eigenvalue weighted by Gasteiger charge is 2.20. The van der Waals surface area contributed by atoms with Crippen molar-refractivity contribution >= 4 is 144 Å². The molecule has 540 valence electrons. The fourth-order valence-electron chi connectivity index (χ4n) is 11.3. The lowest BCUT2D eigenvalue weighted by Crippen LogP contribution is -2.12. The zero-order valence-electron chi connectivity index (χ0n) is 57.9. The zero-order valence-corrected chi connectivity index (χ0v) is 61.1. The van der Waals surface area contributed by atoms with Gasteiger partial charge in [-0.25, -0.2) is 33.1 Å². The van der Waals surface area contributed by atoms with Gasteiger partial charge in [0, 0.05) is 162 Å². The van der Waals surface area contributed by atoms with Gasteiger partial charge in [-0.1, -0.05) is 77.1 Å². The van der Waals surface area contributed by atoms with E-state index in [1.54, 1.807) is 99.0 Å². The Kier molecular flexibility index (Phi) is 23.5. The highest BCUT2D eigenvalue weighted by molar-refractivity contribution is 7.99. The van der Waals surface area contributed by atoms with Crippen molar-refractivity contribution in [2.45, 2.75) is 66.0 Å². The molecule has 108 heavy (non-hydrogen) atoms. The largest absolute Gasteiger partial charge is 0.454 e. The summed E-state index contributed by atoms with van der Waals surface area (Å²) >= 11 is 15.4. The van der Waals surface area contributed by atoms with Gasteiger partial charge in [-0.15, -0.1) is 0 Å². The Hall–Kier alpha value is -12.7. The molecule has 0 saturated heterocycles. The van der Waals surface area contributed by atoms with Gasteiger partial charge < -0.3 is 53.1 Å². The average molecular weight is 1520 g/mol. The fraction of sp³-hybridized carbons (Fsp3) is 0.0886. The first kappa shape index (κ1) is 73.6. The minimum Gasteiger partial charge on any atom is -0.454 e. The number of pyridine rings is 4. The van der Waals surface area contributed by atoms with Crippen LogP contribution in [0.2, 0.25) is 10.0 Å². The molecule has 0 spiro atoms. The van der Waals surface area contributed by atoms with Crippen LogP contribution in [0.5, 0.6) is 11.5 Å². The molecule has 1 aliphatic carbocycles. The fourth-order valence-corrected chi connectivity index (χ4v) is 13.5. The molecular weight excluding hydrogens is 1450 g/mol. The van der Waals surface area contributed by atoms with Crippen molar-refractivity contribution in [1.29, 1.82) is 0 Å². The number of halogens is 5. The van der Waals surface area contributed by atoms with E-state index in [1.807, 2.05) is 105 Å². The molecule has 15 aromatic rings. The van der Waals surface area contributed by atoms with Gasteiger partial charge in [0.2, 0.25) is 23.8 Å². The standard InChI is InChI=1S/C22H18FN5S.C21H20N6.C20H15Cl2N5O.C16H13F2N5S/c1-15-13-21(28-22(25-15)27-16-5-3-2-4-6-16)26-17-7-8-20(19(23)14-17)29-18-9-11-24-12-10-18;22-21-25-18-4-2-1-3-17(18)20(26-21)24-15-5-6-19-14(13-15)9-12-27(19)16-7-10-23-11-8-16;1-11-7-18(27-20(23)25-11)26-13-8-15(21)19(16(22)9-13)28-17-4-2-3-12-10-24-6-5-14(12)17;1-9-6-15(23-16(19)21-9)22-13-7-12(18)14(8-11(13)17)24-10-2-4-20-5-3-10/h2-14H,1H3,(H2,25,26,27,28);5-13H,1-4H2,(H3,22,24,25,26);2-10H,1H3,(H3,23,25,26,27);2-8H,1H3,(H3,19,21,22,23). The molecule has 0 fully saturated rings. The van der Waals surface area contributed by atoms with Gasteiger partial charge in [-0.2, -0.15) is 19.9 Å². The first-order valence-electron chi connectivity index (χ1n) is 33.5. The number of rotatable bonds is 17. The third kappa shape index (κ3) is 19.4.